The maximum absolute atomic E-state index is 11.8. The number of likely N-dealkylation sites (N-methyl/N-ethyl adjacent to an activating group) is 1. The number of aliphatic hydroxyl groups is 1. The number of ether oxygens (including phenoxy) is 8. The van der Waals surface area contributed by atoms with Crippen LogP contribution >= 0.6 is 0 Å². The van der Waals surface area contributed by atoms with Crippen LogP contribution in [0.3, 0.4) is 0 Å². The lowest BCUT2D eigenvalue weighted by Crippen LogP contribution is -2.38. The van der Waals surface area contributed by atoms with Crippen LogP contribution in [0.25, 0.3) is 0 Å². The lowest BCUT2D eigenvalue weighted by molar-refractivity contribution is -0.129. The van der Waals surface area contributed by atoms with Gasteiger partial charge < -0.3 is 63.9 Å². The second kappa shape index (κ2) is 36.4. The van der Waals surface area contributed by atoms with E-state index in [9.17, 15) is 19.2 Å². The highest BCUT2D eigenvalue weighted by Gasteiger charge is 2.05. The zero-order valence-corrected chi connectivity index (χ0v) is 28.0. The molecule has 4 N–H and O–H groups in total. The fourth-order valence-electron chi connectivity index (χ4n) is 3.48. The summed E-state index contributed by atoms with van der Waals surface area (Å²) in [5.41, 5.74) is 0. The van der Waals surface area contributed by atoms with Crippen molar-refractivity contribution in [3.05, 3.63) is 0 Å². The third kappa shape index (κ3) is 34.7. The number of nitrogens with zero attached hydrogens (tertiary/aromatic N) is 1. The van der Waals surface area contributed by atoms with Crippen LogP contribution in [0.4, 0.5) is 0 Å². The van der Waals surface area contributed by atoms with E-state index in [-0.39, 0.29) is 44.2 Å². The van der Waals surface area contributed by atoms with Gasteiger partial charge in [-0.05, 0) is 19.8 Å². The fourth-order valence-corrected chi connectivity index (χ4v) is 3.48. The van der Waals surface area contributed by atoms with Crippen molar-refractivity contribution in [2.75, 3.05) is 139 Å². The fraction of sp³-hybridized carbons (Fsp3) is 0.867. The summed E-state index contributed by atoms with van der Waals surface area (Å²) in [6, 6.07) is 0. The summed E-state index contributed by atoms with van der Waals surface area (Å²) in [6.45, 7) is 9.06. The molecule has 4 amide bonds. The van der Waals surface area contributed by atoms with Crippen molar-refractivity contribution in [3.63, 3.8) is 0 Å². The minimum absolute atomic E-state index is 0.0320. The van der Waals surface area contributed by atoms with E-state index in [4.69, 9.17) is 43.0 Å². The molecule has 0 aromatic carbocycles. The van der Waals surface area contributed by atoms with Crippen molar-refractivity contribution >= 4 is 24.1 Å². The minimum atomic E-state index is -0.358. The molecule has 0 fully saturated rings. The molecule has 0 unspecified atom stereocenters. The molecule has 0 aromatic rings. The maximum atomic E-state index is 11.8. The first-order valence-electron chi connectivity index (χ1n) is 16.3. The predicted octanol–water partition coefficient (Wildman–Crippen LogP) is -1.54. The molecule has 0 aliphatic carbocycles. The Morgan fingerprint density at radius 3 is 1.49 bits per heavy atom. The van der Waals surface area contributed by atoms with Gasteiger partial charge in [0.05, 0.1) is 106 Å². The molecule has 0 aliphatic heterocycles. The molecule has 17 heteroatoms. The quantitative estimate of drug-likeness (QED) is 0.0334. The number of carbonyl (C=O) groups is 4. The number of rotatable bonds is 37. The number of hydrogen-bond acceptors (Lipinski definition) is 13. The van der Waals surface area contributed by atoms with Crippen molar-refractivity contribution < 1.29 is 62.2 Å². The van der Waals surface area contributed by atoms with E-state index in [0.717, 1.165) is 19.3 Å². The summed E-state index contributed by atoms with van der Waals surface area (Å²) in [6.07, 6.45) is 3.32. The largest absolute Gasteiger partial charge is 0.377 e. The Kier molecular flexibility index (Phi) is 34.4. The van der Waals surface area contributed by atoms with Crippen molar-refractivity contribution in [1.29, 1.82) is 0 Å². The zero-order chi connectivity index (χ0) is 34.5. The summed E-state index contributed by atoms with van der Waals surface area (Å²) < 4.78 is 43.1. The third-order valence-electron chi connectivity index (χ3n) is 5.91. The first kappa shape index (κ1) is 44.5. The second-order valence-electron chi connectivity index (χ2n) is 9.79. The first-order valence-corrected chi connectivity index (χ1v) is 16.3. The highest BCUT2D eigenvalue weighted by molar-refractivity contribution is 5.85. The lowest BCUT2D eigenvalue weighted by atomic mass is 10.2. The van der Waals surface area contributed by atoms with E-state index in [1.54, 1.807) is 6.92 Å². The summed E-state index contributed by atoms with van der Waals surface area (Å²) in [4.78, 5) is 46.4. The average molecular weight is 683 g/mol. The second-order valence-corrected chi connectivity index (χ2v) is 9.79. The van der Waals surface area contributed by atoms with Crippen LogP contribution in [0, 0.1) is 0 Å². The maximum Gasteiger partial charge on any atom is 0.246 e. The molecule has 276 valence electrons. The molecule has 0 bridgehead atoms. The molecule has 0 saturated heterocycles. The molecule has 17 nitrogen and oxygen atoms in total. The minimum Gasteiger partial charge on any atom is -0.377 e. The van der Waals surface area contributed by atoms with Gasteiger partial charge in [-0.3, -0.25) is 19.2 Å². The summed E-state index contributed by atoms with van der Waals surface area (Å²) in [5, 5.41) is 16.7. The SMILES string of the molecule is CCNC(=O)CNC(=O)COCCOCCOCCOCCOCCOCCOCCOCCNC(=O)CCCCCN(C=O)CO. The van der Waals surface area contributed by atoms with Gasteiger partial charge in [0.15, 0.2) is 0 Å². The van der Waals surface area contributed by atoms with Crippen molar-refractivity contribution in [2.24, 2.45) is 0 Å². The lowest BCUT2D eigenvalue weighted by Gasteiger charge is -2.12. The highest BCUT2D eigenvalue weighted by Crippen LogP contribution is 2.01. The van der Waals surface area contributed by atoms with Crippen molar-refractivity contribution in [1.82, 2.24) is 20.9 Å². The van der Waals surface area contributed by atoms with Gasteiger partial charge in [-0.25, -0.2) is 0 Å². The standard InChI is InChI=1S/C30H58N4O13/c1-2-31-29(38)24-33-30(39)25-47-23-22-46-21-20-45-19-18-44-17-16-43-15-14-42-13-12-41-11-10-40-9-7-32-28(37)6-4-3-5-8-34(26-35)27-36/h26,36H,2-25,27H2,1H3,(H,31,38)(H,32,37)(H,33,39). The van der Waals surface area contributed by atoms with Gasteiger partial charge in [0, 0.05) is 26.1 Å². The first-order chi connectivity index (χ1) is 23.0. The van der Waals surface area contributed by atoms with Crippen LogP contribution < -0.4 is 16.0 Å². The molecule has 0 radical (unpaired) electrons. The van der Waals surface area contributed by atoms with Gasteiger partial charge >= 0.3 is 0 Å². The average Bonchev–Trinajstić information content (AvgIpc) is 3.07. The van der Waals surface area contributed by atoms with Crippen LogP contribution in [-0.2, 0) is 57.1 Å². The number of nitrogens with one attached hydrogen (secondary N) is 3. The van der Waals surface area contributed by atoms with E-state index < -0.39 is 0 Å². The Morgan fingerprint density at radius 1 is 0.574 bits per heavy atom. The molecule has 0 rings (SSSR count). The number of unbranched alkanes of at least 4 members (excludes halogenated alkanes) is 2. The molecule has 0 heterocycles. The number of aliphatic hydroxyl groups excluding tert-OH is 1. The van der Waals surface area contributed by atoms with Crippen molar-refractivity contribution in [2.45, 2.75) is 32.6 Å². The molecular formula is C30H58N4O13. The smallest absolute Gasteiger partial charge is 0.246 e. The van der Waals surface area contributed by atoms with Crippen LogP contribution in [0.5, 0.6) is 0 Å². The zero-order valence-electron chi connectivity index (χ0n) is 28.0. The van der Waals surface area contributed by atoms with E-state index in [1.165, 1.54) is 4.90 Å². The van der Waals surface area contributed by atoms with Gasteiger partial charge in [0.25, 0.3) is 0 Å². The topological polar surface area (TPSA) is 202 Å². The van der Waals surface area contributed by atoms with E-state index >= 15 is 0 Å². The number of hydrogen-bond donors (Lipinski definition) is 4. The monoisotopic (exact) mass is 682 g/mol. The van der Waals surface area contributed by atoms with E-state index in [1.807, 2.05) is 0 Å². The Bertz CT molecular complexity index is 753. The summed E-state index contributed by atoms with van der Waals surface area (Å²) in [5.74, 6) is -0.632. The van der Waals surface area contributed by atoms with Crippen LogP contribution in [-0.4, -0.2) is 173 Å². The van der Waals surface area contributed by atoms with Crippen LogP contribution in [0.1, 0.15) is 32.6 Å². The molecule has 47 heavy (non-hydrogen) atoms. The van der Waals surface area contributed by atoms with Gasteiger partial charge in [-0.1, -0.05) is 6.42 Å². The molecule has 0 atom stereocenters. The Labute approximate surface area is 278 Å². The molecule has 0 saturated carbocycles. The summed E-state index contributed by atoms with van der Waals surface area (Å²) in [7, 11) is 0. The van der Waals surface area contributed by atoms with Crippen LogP contribution in [0.2, 0.25) is 0 Å². The Balaban J connectivity index is 3.20. The number of carbonyl (C=O) groups excluding carboxylic acids is 4. The Morgan fingerprint density at radius 2 is 1.04 bits per heavy atom. The van der Waals surface area contributed by atoms with Gasteiger partial charge in [0.1, 0.15) is 13.3 Å². The van der Waals surface area contributed by atoms with Gasteiger partial charge in [-0.15, -0.1) is 0 Å². The van der Waals surface area contributed by atoms with Crippen molar-refractivity contribution in [3.8, 4) is 0 Å². The Hall–Kier alpha value is -2.48. The van der Waals surface area contributed by atoms with Crippen LogP contribution in [0.15, 0.2) is 0 Å². The molecule has 0 spiro atoms. The molecular weight excluding hydrogens is 624 g/mol. The van der Waals surface area contributed by atoms with E-state index in [2.05, 4.69) is 16.0 Å². The predicted molar refractivity (Wildman–Crippen MR) is 170 cm³/mol. The van der Waals surface area contributed by atoms with Gasteiger partial charge in [-0.2, -0.15) is 0 Å². The number of amides is 4. The molecule has 0 aromatic heterocycles. The van der Waals surface area contributed by atoms with E-state index in [0.29, 0.717) is 125 Å². The summed E-state index contributed by atoms with van der Waals surface area (Å²) >= 11 is 0. The van der Waals surface area contributed by atoms with Gasteiger partial charge in [0.2, 0.25) is 24.1 Å². The molecule has 0 aliphatic rings. The highest BCUT2D eigenvalue weighted by atomic mass is 16.6. The normalized spacial score (nSPS) is 10.9. The third-order valence-corrected chi connectivity index (χ3v) is 5.91.